The molecule has 1 aromatic heterocycles. The van der Waals surface area contributed by atoms with E-state index in [9.17, 15) is 9.59 Å². The van der Waals surface area contributed by atoms with Crippen LogP contribution in [-0.2, 0) is 16.0 Å². The maximum Gasteiger partial charge on any atom is 0.244 e. The van der Waals surface area contributed by atoms with Crippen molar-refractivity contribution in [1.82, 2.24) is 15.1 Å². The number of nitrogens with zero attached hydrogens (tertiary/aromatic N) is 2. The number of hydrogen-bond acceptors (Lipinski definition) is 5. The summed E-state index contributed by atoms with van der Waals surface area (Å²) >= 11 is 6.21. The molecule has 0 bridgehead atoms. The molecule has 2 N–H and O–H groups in total. The predicted octanol–water partition coefficient (Wildman–Crippen LogP) is 5.60. The van der Waals surface area contributed by atoms with Crippen LogP contribution in [0.2, 0.25) is 5.02 Å². The van der Waals surface area contributed by atoms with Crippen LogP contribution in [0, 0.1) is 0 Å². The molecule has 0 spiro atoms. The summed E-state index contributed by atoms with van der Waals surface area (Å²) in [7, 11) is 0. The smallest absolute Gasteiger partial charge is 0.244 e. The number of fused-ring (bicyclic) bond motifs is 2. The first kappa shape index (κ1) is 25.6. The molecule has 2 heterocycles. The Morgan fingerprint density at radius 3 is 2.72 bits per heavy atom. The lowest BCUT2D eigenvalue weighted by Gasteiger charge is -2.23. The second-order valence-electron chi connectivity index (χ2n) is 8.78. The third kappa shape index (κ3) is 7.49. The standard InChI is InChI=1S/C27H31ClN4O4/c28-21-12-13-23-22(16-21)31-26(33)19-32(27(34)11-7-8-20-17-29-30-18-20)14-5-1-2-6-15-35-24-9-3-4-10-25(24)36-23/h3-4,9-10,12-13,16-18H,1-2,5-8,11,14-15,19H2,(H,29,30)(H,31,33). The second kappa shape index (κ2) is 13.0. The lowest BCUT2D eigenvalue weighted by atomic mass is 10.1. The minimum Gasteiger partial charge on any atom is -0.490 e. The van der Waals surface area contributed by atoms with Gasteiger partial charge in [-0.1, -0.05) is 36.6 Å². The molecule has 0 unspecified atom stereocenters. The summed E-state index contributed by atoms with van der Waals surface area (Å²) in [5.74, 6) is 1.30. The molecule has 0 radical (unpaired) electrons. The van der Waals surface area contributed by atoms with Gasteiger partial charge in [0.05, 0.1) is 25.0 Å². The van der Waals surface area contributed by atoms with Gasteiger partial charge in [-0.2, -0.15) is 5.10 Å². The summed E-state index contributed by atoms with van der Waals surface area (Å²) < 4.78 is 12.1. The Balaban J connectivity index is 1.49. The normalized spacial score (nSPS) is 15.1. The summed E-state index contributed by atoms with van der Waals surface area (Å²) in [5.41, 5.74) is 1.49. The highest BCUT2D eigenvalue weighted by Crippen LogP contribution is 2.36. The van der Waals surface area contributed by atoms with Crippen LogP contribution in [0.25, 0.3) is 0 Å². The molecule has 190 valence electrons. The largest absolute Gasteiger partial charge is 0.490 e. The van der Waals surface area contributed by atoms with Crippen LogP contribution >= 0.6 is 11.6 Å². The Kier molecular flexibility index (Phi) is 9.21. The molecule has 0 saturated heterocycles. The van der Waals surface area contributed by atoms with Gasteiger partial charge in [0, 0.05) is 24.2 Å². The summed E-state index contributed by atoms with van der Waals surface area (Å²) in [6.07, 6.45) is 9.04. The van der Waals surface area contributed by atoms with Crippen molar-refractivity contribution in [2.75, 3.05) is 25.0 Å². The molecule has 1 aliphatic rings. The van der Waals surface area contributed by atoms with Gasteiger partial charge in [0.1, 0.15) is 0 Å². The molecular formula is C27H31ClN4O4. The van der Waals surface area contributed by atoms with Crippen molar-refractivity contribution in [1.29, 1.82) is 0 Å². The minimum absolute atomic E-state index is 0.0316. The topological polar surface area (TPSA) is 96.6 Å². The molecule has 0 fully saturated rings. The fourth-order valence-corrected chi connectivity index (χ4v) is 4.24. The highest BCUT2D eigenvalue weighted by atomic mass is 35.5. The Hall–Kier alpha value is -3.52. The number of rotatable bonds is 4. The number of aryl methyl sites for hydroxylation is 1. The monoisotopic (exact) mass is 510 g/mol. The van der Waals surface area contributed by atoms with E-state index in [1.165, 1.54) is 0 Å². The first-order chi connectivity index (χ1) is 17.6. The number of halogens is 1. The average molecular weight is 511 g/mol. The van der Waals surface area contributed by atoms with Gasteiger partial charge in [-0.15, -0.1) is 0 Å². The van der Waals surface area contributed by atoms with Crippen LogP contribution in [0.15, 0.2) is 54.9 Å². The number of carbonyl (C=O) groups excluding carboxylic acids is 2. The Morgan fingerprint density at radius 1 is 1.06 bits per heavy atom. The first-order valence-corrected chi connectivity index (χ1v) is 12.7. The molecule has 0 saturated carbocycles. The Bertz CT molecular complexity index is 1150. The fourth-order valence-electron chi connectivity index (χ4n) is 4.07. The summed E-state index contributed by atoms with van der Waals surface area (Å²) in [5, 5.41) is 10.1. The highest BCUT2D eigenvalue weighted by Gasteiger charge is 2.19. The summed E-state index contributed by atoms with van der Waals surface area (Å²) in [6, 6.07) is 12.5. The molecule has 0 atom stereocenters. The zero-order valence-corrected chi connectivity index (χ0v) is 20.9. The number of ether oxygens (including phenoxy) is 2. The third-order valence-corrected chi connectivity index (χ3v) is 6.20. The number of benzene rings is 2. The van der Waals surface area contributed by atoms with Crippen LogP contribution in [0.3, 0.4) is 0 Å². The van der Waals surface area contributed by atoms with E-state index >= 15 is 0 Å². The zero-order valence-electron chi connectivity index (χ0n) is 20.2. The van der Waals surface area contributed by atoms with Crippen molar-refractivity contribution in [3.05, 3.63) is 65.4 Å². The van der Waals surface area contributed by atoms with Crippen LogP contribution in [0.4, 0.5) is 5.69 Å². The number of anilines is 1. The van der Waals surface area contributed by atoms with Crippen molar-refractivity contribution in [2.24, 2.45) is 0 Å². The molecule has 4 rings (SSSR count). The van der Waals surface area contributed by atoms with Crippen molar-refractivity contribution in [3.63, 3.8) is 0 Å². The van der Waals surface area contributed by atoms with Crippen LogP contribution < -0.4 is 14.8 Å². The van der Waals surface area contributed by atoms with E-state index in [4.69, 9.17) is 21.1 Å². The molecule has 2 amide bonds. The van der Waals surface area contributed by atoms with Crippen LogP contribution in [0.1, 0.15) is 44.1 Å². The SMILES string of the molecule is O=C1CN(C(=O)CCCc2cn[nH]c2)CCCCCCOc2ccccc2Oc2ccc(Cl)cc2N1. The number of amides is 2. The van der Waals surface area contributed by atoms with Gasteiger partial charge in [0.25, 0.3) is 0 Å². The number of aromatic nitrogens is 2. The van der Waals surface area contributed by atoms with Crippen molar-refractivity contribution in [3.8, 4) is 17.2 Å². The number of H-pyrrole nitrogens is 1. The maximum atomic E-state index is 13.0. The average Bonchev–Trinajstić information content (AvgIpc) is 3.38. The summed E-state index contributed by atoms with van der Waals surface area (Å²) in [4.78, 5) is 27.7. The van der Waals surface area contributed by atoms with Gasteiger partial charge in [-0.05, 0) is 61.6 Å². The molecule has 9 heteroatoms. The molecule has 8 nitrogen and oxygen atoms in total. The van der Waals surface area contributed by atoms with Crippen LogP contribution in [0.5, 0.6) is 17.2 Å². The maximum absolute atomic E-state index is 13.0. The first-order valence-electron chi connectivity index (χ1n) is 12.3. The van der Waals surface area contributed by atoms with E-state index < -0.39 is 0 Å². The predicted molar refractivity (Wildman–Crippen MR) is 139 cm³/mol. The van der Waals surface area contributed by atoms with Gasteiger partial charge >= 0.3 is 0 Å². The number of carbonyl (C=O) groups is 2. The van der Waals surface area contributed by atoms with E-state index in [2.05, 4.69) is 15.5 Å². The Labute approximate surface area is 215 Å². The molecule has 1 aliphatic heterocycles. The highest BCUT2D eigenvalue weighted by molar-refractivity contribution is 6.31. The lowest BCUT2D eigenvalue weighted by molar-refractivity contribution is -0.134. The zero-order chi connectivity index (χ0) is 25.2. The van der Waals surface area contributed by atoms with Gasteiger partial charge in [0.2, 0.25) is 11.8 Å². The fraction of sp³-hybridized carbons (Fsp3) is 0.370. The van der Waals surface area contributed by atoms with E-state index in [0.29, 0.717) is 54.0 Å². The lowest BCUT2D eigenvalue weighted by Crippen LogP contribution is -2.38. The van der Waals surface area contributed by atoms with Gasteiger partial charge in [-0.25, -0.2) is 0 Å². The van der Waals surface area contributed by atoms with Gasteiger partial charge < -0.3 is 19.7 Å². The van der Waals surface area contributed by atoms with Crippen molar-refractivity contribution in [2.45, 2.75) is 44.9 Å². The van der Waals surface area contributed by atoms with Crippen LogP contribution in [-0.4, -0.2) is 46.6 Å². The van der Waals surface area contributed by atoms with Gasteiger partial charge in [0.15, 0.2) is 17.2 Å². The number of hydrogen-bond donors (Lipinski definition) is 2. The van der Waals surface area contributed by atoms with E-state index in [-0.39, 0.29) is 18.4 Å². The Morgan fingerprint density at radius 2 is 1.89 bits per heavy atom. The molecule has 0 aliphatic carbocycles. The quantitative estimate of drug-likeness (QED) is 0.476. The molecule has 36 heavy (non-hydrogen) atoms. The number of nitrogens with one attached hydrogen (secondary N) is 2. The second-order valence-corrected chi connectivity index (χ2v) is 9.21. The molecule has 2 aromatic carbocycles. The van der Waals surface area contributed by atoms with Crippen molar-refractivity contribution < 1.29 is 19.1 Å². The van der Waals surface area contributed by atoms with Gasteiger partial charge in [-0.3, -0.25) is 14.7 Å². The van der Waals surface area contributed by atoms with E-state index in [1.807, 2.05) is 30.5 Å². The number of para-hydroxylation sites is 2. The molecular weight excluding hydrogens is 480 g/mol. The van der Waals surface area contributed by atoms with E-state index in [1.54, 1.807) is 29.3 Å². The third-order valence-electron chi connectivity index (χ3n) is 5.96. The summed E-state index contributed by atoms with van der Waals surface area (Å²) in [6.45, 7) is 1.07. The number of aromatic amines is 1. The molecule has 3 aromatic rings. The minimum atomic E-state index is -0.304. The van der Waals surface area contributed by atoms with Crippen molar-refractivity contribution >= 4 is 29.1 Å². The van der Waals surface area contributed by atoms with E-state index in [0.717, 1.165) is 37.7 Å².